The summed E-state index contributed by atoms with van der Waals surface area (Å²) in [6, 6.07) is 0.646. The maximum atomic E-state index is 5.05. The lowest BCUT2D eigenvalue weighted by atomic mass is 9.98. The molecule has 0 aromatic carbocycles. The number of rotatable bonds is 4. The van der Waals surface area contributed by atoms with Gasteiger partial charge in [-0.3, -0.25) is 4.90 Å². The van der Waals surface area contributed by atoms with Crippen molar-refractivity contribution in [1.82, 2.24) is 10.2 Å². The Kier molecular flexibility index (Phi) is 5.03. The maximum Gasteiger partial charge on any atom is 0.0587 e. The van der Waals surface area contributed by atoms with Crippen LogP contribution in [0, 0.1) is 0 Å². The summed E-state index contributed by atoms with van der Waals surface area (Å²) in [6.07, 6.45) is 2.61. The van der Waals surface area contributed by atoms with Crippen LogP contribution in [0.15, 0.2) is 0 Å². The molecule has 3 heteroatoms. The van der Waals surface area contributed by atoms with Crippen molar-refractivity contribution in [1.29, 1.82) is 0 Å². The van der Waals surface area contributed by atoms with Gasteiger partial charge in [-0.1, -0.05) is 0 Å². The second-order valence-electron chi connectivity index (χ2n) is 5.40. The van der Waals surface area contributed by atoms with Gasteiger partial charge < -0.3 is 10.1 Å². The molecule has 0 saturated carbocycles. The van der Waals surface area contributed by atoms with Crippen molar-refractivity contribution in [2.45, 2.75) is 45.2 Å². The maximum absolute atomic E-state index is 5.05. The van der Waals surface area contributed by atoms with Crippen molar-refractivity contribution >= 4 is 0 Å². The van der Waals surface area contributed by atoms with Gasteiger partial charge in [-0.25, -0.2) is 0 Å². The summed E-state index contributed by atoms with van der Waals surface area (Å²) in [6.45, 7) is 11.1. The van der Waals surface area contributed by atoms with Crippen LogP contribution in [0.1, 0.15) is 33.6 Å². The molecule has 1 aliphatic rings. The van der Waals surface area contributed by atoms with E-state index in [-0.39, 0.29) is 0 Å². The SMILES string of the molecule is COCCNC1CCCN(C(C)(C)C)C1. The van der Waals surface area contributed by atoms with Crippen LogP contribution in [0.3, 0.4) is 0 Å². The molecule has 0 aromatic rings. The summed E-state index contributed by atoms with van der Waals surface area (Å²) in [5, 5.41) is 3.56. The van der Waals surface area contributed by atoms with Gasteiger partial charge in [-0.15, -0.1) is 0 Å². The van der Waals surface area contributed by atoms with E-state index in [9.17, 15) is 0 Å². The number of hydrogen-bond acceptors (Lipinski definition) is 3. The summed E-state index contributed by atoms with van der Waals surface area (Å²) in [7, 11) is 1.75. The van der Waals surface area contributed by atoms with Crippen LogP contribution >= 0.6 is 0 Å². The number of ether oxygens (including phenoxy) is 1. The van der Waals surface area contributed by atoms with Crippen LogP contribution < -0.4 is 5.32 Å². The lowest BCUT2D eigenvalue weighted by molar-refractivity contribution is 0.0877. The Bertz CT molecular complexity index is 177. The van der Waals surface area contributed by atoms with E-state index in [0.29, 0.717) is 11.6 Å². The van der Waals surface area contributed by atoms with Crippen LogP contribution in [0.25, 0.3) is 0 Å². The molecule has 0 spiro atoms. The molecule has 0 amide bonds. The van der Waals surface area contributed by atoms with Gasteiger partial charge in [0.05, 0.1) is 6.61 Å². The van der Waals surface area contributed by atoms with E-state index in [2.05, 4.69) is 31.0 Å². The topological polar surface area (TPSA) is 24.5 Å². The Morgan fingerprint density at radius 3 is 2.73 bits per heavy atom. The van der Waals surface area contributed by atoms with Crippen LogP contribution in [-0.2, 0) is 4.74 Å². The van der Waals surface area contributed by atoms with Gasteiger partial charge in [0.2, 0.25) is 0 Å². The van der Waals surface area contributed by atoms with E-state index < -0.39 is 0 Å². The van der Waals surface area contributed by atoms with Crippen molar-refractivity contribution in [3.8, 4) is 0 Å². The third-order valence-corrected chi connectivity index (χ3v) is 3.11. The van der Waals surface area contributed by atoms with Gasteiger partial charge in [0.1, 0.15) is 0 Å². The molecule has 1 aliphatic heterocycles. The Labute approximate surface area is 94.2 Å². The lowest BCUT2D eigenvalue weighted by Crippen LogP contribution is -2.53. The minimum Gasteiger partial charge on any atom is -0.383 e. The molecule has 0 radical (unpaired) electrons. The van der Waals surface area contributed by atoms with Crippen LogP contribution in [0.5, 0.6) is 0 Å². The molecule has 1 rings (SSSR count). The highest BCUT2D eigenvalue weighted by Gasteiger charge is 2.27. The third-order valence-electron chi connectivity index (χ3n) is 3.11. The van der Waals surface area contributed by atoms with Crippen LogP contribution in [-0.4, -0.2) is 49.8 Å². The largest absolute Gasteiger partial charge is 0.383 e. The predicted octanol–water partition coefficient (Wildman–Crippen LogP) is 1.49. The van der Waals surface area contributed by atoms with Crippen molar-refractivity contribution in [2.75, 3.05) is 33.4 Å². The zero-order valence-corrected chi connectivity index (χ0v) is 10.7. The fraction of sp³-hybridized carbons (Fsp3) is 1.00. The molecule has 1 heterocycles. The van der Waals surface area contributed by atoms with Crippen LogP contribution in [0.2, 0.25) is 0 Å². The van der Waals surface area contributed by atoms with E-state index in [1.54, 1.807) is 7.11 Å². The predicted molar refractivity (Wildman–Crippen MR) is 64.2 cm³/mol. The summed E-state index contributed by atoms with van der Waals surface area (Å²) >= 11 is 0. The quantitative estimate of drug-likeness (QED) is 0.718. The molecule has 15 heavy (non-hydrogen) atoms. The zero-order valence-electron chi connectivity index (χ0n) is 10.7. The first-order valence-corrected chi connectivity index (χ1v) is 6.01. The fourth-order valence-corrected chi connectivity index (χ4v) is 2.12. The van der Waals surface area contributed by atoms with E-state index in [1.165, 1.54) is 25.9 Å². The number of methoxy groups -OCH3 is 1. The van der Waals surface area contributed by atoms with E-state index in [0.717, 1.165) is 13.2 Å². The molecule has 90 valence electrons. The van der Waals surface area contributed by atoms with E-state index in [1.807, 2.05) is 0 Å². The molecular formula is C12H26N2O. The minimum absolute atomic E-state index is 0.307. The Morgan fingerprint density at radius 1 is 1.40 bits per heavy atom. The normalized spacial score (nSPS) is 24.4. The van der Waals surface area contributed by atoms with Crippen LogP contribution in [0.4, 0.5) is 0 Å². The van der Waals surface area contributed by atoms with Gasteiger partial charge in [-0.05, 0) is 40.2 Å². The van der Waals surface area contributed by atoms with Gasteiger partial charge >= 0.3 is 0 Å². The van der Waals surface area contributed by atoms with E-state index in [4.69, 9.17) is 4.74 Å². The second-order valence-corrected chi connectivity index (χ2v) is 5.40. The number of piperidine rings is 1. The lowest BCUT2D eigenvalue weighted by Gasteiger charge is -2.41. The third kappa shape index (κ3) is 4.49. The molecular weight excluding hydrogens is 188 g/mol. The highest BCUT2D eigenvalue weighted by Crippen LogP contribution is 2.19. The minimum atomic E-state index is 0.307. The van der Waals surface area contributed by atoms with Crippen molar-refractivity contribution in [3.05, 3.63) is 0 Å². The number of likely N-dealkylation sites (tertiary alicyclic amines) is 1. The molecule has 1 N–H and O–H groups in total. The molecule has 0 bridgehead atoms. The summed E-state index contributed by atoms with van der Waals surface area (Å²) < 4.78 is 5.05. The zero-order chi connectivity index (χ0) is 11.3. The molecule has 1 unspecified atom stereocenters. The average molecular weight is 214 g/mol. The highest BCUT2D eigenvalue weighted by molar-refractivity contribution is 4.85. The second kappa shape index (κ2) is 5.83. The van der Waals surface area contributed by atoms with E-state index >= 15 is 0 Å². The number of nitrogens with one attached hydrogen (secondary N) is 1. The number of nitrogens with zero attached hydrogens (tertiary/aromatic N) is 1. The molecule has 0 aromatic heterocycles. The molecule has 0 aliphatic carbocycles. The average Bonchev–Trinajstić information content (AvgIpc) is 2.17. The first-order valence-electron chi connectivity index (χ1n) is 6.01. The van der Waals surface area contributed by atoms with Crippen molar-refractivity contribution in [2.24, 2.45) is 0 Å². The molecule has 1 atom stereocenters. The fourth-order valence-electron chi connectivity index (χ4n) is 2.12. The molecule has 1 fully saturated rings. The molecule has 1 saturated heterocycles. The van der Waals surface area contributed by atoms with Gasteiger partial charge in [0, 0.05) is 31.8 Å². The van der Waals surface area contributed by atoms with Gasteiger partial charge in [-0.2, -0.15) is 0 Å². The first kappa shape index (κ1) is 12.9. The Balaban J connectivity index is 2.29. The summed E-state index contributed by atoms with van der Waals surface area (Å²) in [5.74, 6) is 0. The van der Waals surface area contributed by atoms with Crippen molar-refractivity contribution < 1.29 is 4.74 Å². The highest BCUT2D eigenvalue weighted by atomic mass is 16.5. The Hall–Kier alpha value is -0.120. The monoisotopic (exact) mass is 214 g/mol. The summed E-state index contributed by atoms with van der Waals surface area (Å²) in [5.41, 5.74) is 0.307. The number of hydrogen-bond donors (Lipinski definition) is 1. The van der Waals surface area contributed by atoms with Gasteiger partial charge in [0.25, 0.3) is 0 Å². The van der Waals surface area contributed by atoms with Gasteiger partial charge in [0.15, 0.2) is 0 Å². The first-order chi connectivity index (χ1) is 7.04. The smallest absolute Gasteiger partial charge is 0.0587 e. The molecule has 3 nitrogen and oxygen atoms in total. The summed E-state index contributed by atoms with van der Waals surface area (Å²) in [4.78, 5) is 2.57. The van der Waals surface area contributed by atoms with Crippen molar-refractivity contribution in [3.63, 3.8) is 0 Å². The Morgan fingerprint density at radius 2 is 2.13 bits per heavy atom. The standard InChI is InChI=1S/C12H26N2O/c1-12(2,3)14-8-5-6-11(10-14)13-7-9-15-4/h11,13H,5-10H2,1-4H3.